The van der Waals surface area contributed by atoms with Gasteiger partial charge < -0.3 is 9.80 Å². The molecule has 0 bridgehead atoms. The summed E-state index contributed by atoms with van der Waals surface area (Å²) in [6.45, 7) is 11.5. The Morgan fingerprint density at radius 2 is 1.70 bits per heavy atom. The van der Waals surface area contributed by atoms with E-state index in [4.69, 9.17) is 0 Å². The molecular weight excluding hydrogens is 290 g/mol. The van der Waals surface area contributed by atoms with E-state index in [1.807, 2.05) is 24.8 Å². The molecule has 2 saturated heterocycles. The van der Waals surface area contributed by atoms with Crippen LogP contribution in [0.25, 0.3) is 0 Å². The lowest BCUT2D eigenvalue weighted by Gasteiger charge is -2.39. The lowest BCUT2D eigenvalue weighted by molar-refractivity contribution is -0.135. The van der Waals surface area contributed by atoms with Crippen molar-refractivity contribution in [2.75, 3.05) is 44.2 Å². The molecule has 0 spiro atoms. The van der Waals surface area contributed by atoms with Crippen molar-refractivity contribution in [3.8, 4) is 0 Å². The summed E-state index contributed by atoms with van der Waals surface area (Å²) >= 11 is 0. The Morgan fingerprint density at radius 3 is 2.30 bits per heavy atom. The smallest absolute Gasteiger partial charge is 0.239 e. The molecule has 2 aliphatic heterocycles. The van der Waals surface area contributed by atoms with Gasteiger partial charge in [0.05, 0.1) is 6.04 Å². The first-order chi connectivity index (χ1) is 11.0. The van der Waals surface area contributed by atoms with Crippen molar-refractivity contribution >= 4 is 11.7 Å². The van der Waals surface area contributed by atoms with Gasteiger partial charge in [-0.05, 0) is 33.6 Å². The fourth-order valence-electron chi connectivity index (χ4n) is 3.56. The maximum absolute atomic E-state index is 12.5. The number of carbonyl (C=O) groups excluding carboxylic acids is 1. The van der Waals surface area contributed by atoms with Crippen LogP contribution in [0, 0.1) is 13.8 Å². The van der Waals surface area contributed by atoms with Gasteiger partial charge in [-0.2, -0.15) is 0 Å². The molecule has 1 aromatic rings. The average Bonchev–Trinajstić information content (AvgIpc) is 3.07. The third kappa shape index (κ3) is 3.63. The summed E-state index contributed by atoms with van der Waals surface area (Å²) in [6.07, 6.45) is 2.30. The van der Waals surface area contributed by atoms with Gasteiger partial charge in [-0.1, -0.05) is 0 Å². The maximum Gasteiger partial charge on any atom is 0.239 e. The summed E-state index contributed by atoms with van der Waals surface area (Å²) in [5, 5.41) is 0. The minimum absolute atomic E-state index is 0.0101. The molecule has 1 unspecified atom stereocenters. The fourth-order valence-corrected chi connectivity index (χ4v) is 3.56. The summed E-state index contributed by atoms with van der Waals surface area (Å²) in [7, 11) is 0. The quantitative estimate of drug-likeness (QED) is 0.839. The lowest BCUT2D eigenvalue weighted by Crippen LogP contribution is -2.54. The topological polar surface area (TPSA) is 52.6 Å². The second-order valence-corrected chi connectivity index (χ2v) is 6.65. The lowest BCUT2D eigenvalue weighted by atomic mass is 10.2. The number of rotatable bonds is 3. The highest BCUT2D eigenvalue weighted by Crippen LogP contribution is 2.18. The molecule has 2 aliphatic rings. The molecule has 0 aliphatic carbocycles. The van der Waals surface area contributed by atoms with E-state index in [-0.39, 0.29) is 6.04 Å². The van der Waals surface area contributed by atoms with E-state index < -0.39 is 0 Å². The van der Waals surface area contributed by atoms with Crippen LogP contribution in [-0.2, 0) is 4.79 Å². The summed E-state index contributed by atoms with van der Waals surface area (Å²) in [5.41, 5.74) is 1.01. The zero-order chi connectivity index (χ0) is 16.4. The monoisotopic (exact) mass is 317 g/mol. The van der Waals surface area contributed by atoms with Crippen molar-refractivity contribution in [3.05, 3.63) is 17.6 Å². The number of nitrogens with zero attached hydrogens (tertiary/aromatic N) is 5. The van der Waals surface area contributed by atoms with Crippen molar-refractivity contribution in [1.82, 2.24) is 19.8 Å². The van der Waals surface area contributed by atoms with Crippen LogP contribution >= 0.6 is 0 Å². The molecule has 3 heterocycles. The van der Waals surface area contributed by atoms with Gasteiger partial charge in [-0.3, -0.25) is 9.69 Å². The van der Waals surface area contributed by atoms with Gasteiger partial charge in [0.15, 0.2) is 0 Å². The third-order valence-corrected chi connectivity index (χ3v) is 4.91. The van der Waals surface area contributed by atoms with E-state index in [2.05, 4.69) is 26.7 Å². The molecule has 126 valence electrons. The van der Waals surface area contributed by atoms with Gasteiger partial charge in [0.2, 0.25) is 5.91 Å². The number of amides is 1. The number of hydrogen-bond donors (Lipinski definition) is 0. The van der Waals surface area contributed by atoms with E-state index in [1.165, 1.54) is 0 Å². The van der Waals surface area contributed by atoms with Crippen LogP contribution in [0.1, 0.15) is 31.3 Å². The molecular formula is C17H27N5O. The van der Waals surface area contributed by atoms with Crippen LogP contribution in [0.15, 0.2) is 6.07 Å². The summed E-state index contributed by atoms with van der Waals surface area (Å²) < 4.78 is 0. The van der Waals surface area contributed by atoms with Crippen molar-refractivity contribution < 1.29 is 4.79 Å². The van der Waals surface area contributed by atoms with Crippen LogP contribution in [0.4, 0.5) is 5.82 Å². The Balaban J connectivity index is 1.58. The first-order valence-corrected chi connectivity index (χ1v) is 8.64. The fraction of sp³-hybridized carbons (Fsp3) is 0.706. The molecule has 1 aromatic heterocycles. The largest absolute Gasteiger partial charge is 0.354 e. The summed E-state index contributed by atoms with van der Waals surface area (Å²) in [4.78, 5) is 28.0. The van der Waals surface area contributed by atoms with E-state index in [1.54, 1.807) is 0 Å². The van der Waals surface area contributed by atoms with E-state index in [9.17, 15) is 4.79 Å². The standard InChI is InChI=1S/C17H27N5O/c1-13-12-16(19-15(3)18-13)21-10-8-20(9-11-21)14(2)17(23)22-6-4-5-7-22/h12,14H,4-11H2,1-3H3. The molecule has 6 heteroatoms. The highest BCUT2D eigenvalue weighted by atomic mass is 16.2. The molecule has 23 heavy (non-hydrogen) atoms. The van der Waals surface area contributed by atoms with Crippen molar-refractivity contribution in [2.24, 2.45) is 0 Å². The van der Waals surface area contributed by atoms with Crippen LogP contribution in [0.2, 0.25) is 0 Å². The van der Waals surface area contributed by atoms with Gasteiger partial charge in [0.25, 0.3) is 0 Å². The molecule has 1 atom stereocenters. The first-order valence-electron chi connectivity index (χ1n) is 8.64. The number of anilines is 1. The number of hydrogen-bond acceptors (Lipinski definition) is 5. The Bertz CT molecular complexity index is 542. The van der Waals surface area contributed by atoms with Crippen molar-refractivity contribution in [3.63, 3.8) is 0 Å². The van der Waals surface area contributed by atoms with Crippen LogP contribution in [0.3, 0.4) is 0 Å². The van der Waals surface area contributed by atoms with Crippen molar-refractivity contribution in [2.45, 2.75) is 39.7 Å². The molecule has 0 saturated carbocycles. The van der Waals surface area contributed by atoms with E-state index >= 15 is 0 Å². The predicted molar refractivity (Wildman–Crippen MR) is 90.6 cm³/mol. The molecule has 6 nitrogen and oxygen atoms in total. The number of likely N-dealkylation sites (tertiary alicyclic amines) is 1. The van der Waals surface area contributed by atoms with Crippen molar-refractivity contribution in [1.29, 1.82) is 0 Å². The van der Waals surface area contributed by atoms with Crippen LogP contribution < -0.4 is 4.90 Å². The average molecular weight is 317 g/mol. The minimum atomic E-state index is -0.0101. The van der Waals surface area contributed by atoms with E-state index in [0.29, 0.717) is 5.91 Å². The van der Waals surface area contributed by atoms with Gasteiger partial charge in [0.1, 0.15) is 11.6 Å². The van der Waals surface area contributed by atoms with Gasteiger partial charge in [0, 0.05) is 51.0 Å². The molecule has 0 radical (unpaired) electrons. The zero-order valence-corrected chi connectivity index (χ0v) is 14.5. The Labute approximate surface area is 138 Å². The Morgan fingerprint density at radius 1 is 1.04 bits per heavy atom. The summed E-state index contributed by atoms with van der Waals surface area (Å²) in [6, 6.07) is 2.03. The van der Waals surface area contributed by atoms with E-state index in [0.717, 1.165) is 69.4 Å². The Kier molecular flexibility index (Phi) is 4.80. The maximum atomic E-state index is 12.5. The SMILES string of the molecule is Cc1cc(N2CCN(C(C)C(=O)N3CCCC3)CC2)nc(C)n1. The third-order valence-electron chi connectivity index (χ3n) is 4.91. The van der Waals surface area contributed by atoms with Gasteiger partial charge >= 0.3 is 0 Å². The first kappa shape index (κ1) is 16.2. The number of aryl methyl sites for hydroxylation is 2. The number of carbonyl (C=O) groups is 1. The highest BCUT2D eigenvalue weighted by Gasteiger charge is 2.30. The Hall–Kier alpha value is -1.69. The zero-order valence-electron chi connectivity index (χ0n) is 14.5. The second-order valence-electron chi connectivity index (χ2n) is 6.65. The normalized spacial score (nSPS) is 20.8. The van der Waals surface area contributed by atoms with Crippen LogP contribution in [0.5, 0.6) is 0 Å². The highest BCUT2D eigenvalue weighted by molar-refractivity contribution is 5.81. The molecule has 3 rings (SSSR count). The molecule has 2 fully saturated rings. The molecule has 0 aromatic carbocycles. The van der Waals surface area contributed by atoms with Gasteiger partial charge in [-0.25, -0.2) is 9.97 Å². The number of aromatic nitrogens is 2. The second kappa shape index (κ2) is 6.83. The predicted octanol–water partition coefficient (Wildman–Crippen LogP) is 1.23. The van der Waals surface area contributed by atoms with Gasteiger partial charge in [-0.15, -0.1) is 0 Å². The molecule has 0 N–H and O–H groups in total. The number of piperazine rings is 1. The molecule has 1 amide bonds. The summed E-state index contributed by atoms with van der Waals surface area (Å²) in [5.74, 6) is 2.12. The minimum Gasteiger partial charge on any atom is -0.354 e. The van der Waals surface area contributed by atoms with Crippen LogP contribution in [-0.4, -0.2) is 71.0 Å².